The fourth-order valence-corrected chi connectivity index (χ4v) is 1.48. The van der Waals surface area contributed by atoms with Gasteiger partial charge < -0.3 is 20.0 Å². The van der Waals surface area contributed by atoms with Crippen LogP contribution in [0.25, 0.3) is 0 Å². The van der Waals surface area contributed by atoms with Crippen molar-refractivity contribution in [2.75, 3.05) is 13.1 Å². The first kappa shape index (κ1) is 20.4. The molecular formula is C12H30NO4P. The normalized spacial score (nSPS) is 10.9. The Morgan fingerprint density at radius 1 is 0.778 bits per heavy atom. The van der Waals surface area contributed by atoms with Crippen LogP contribution in [-0.4, -0.2) is 27.8 Å². The second-order valence-electron chi connectivity index (χ2n) is 4.38. The van der Waals surface area contributed by atoms with Gasteiger partial charge in [0.25, 0.3) is 0 Å². The summed E-state index contributed by atoms with van der Waals surface area (Å²) in [6, 6.07) is 0. The highest BCUT2D eigenvalue weighted by molar-refractivity contribution is 7.45. The molecule has 0 rings (SSSR count). The van der Waals surface area contributed by atoms with Gasteiger partial charge in [-0.25, -0.2) is 4.57 Å². The molecule has 0 amide bonds. The SMILES string of the molecule is CCCCCCNCCCCCC.O=P(O)(O)O. The van der Waals surface area contributed by atoms with E-state index in [1.807, 2.05) is 0 Å². The Labute approximate surface area is 111 Å². The van der Waals surface area contributed by atoms with E-state index in [1.165, 1.54) is 64.5 Å². The molecule has 0 aliphatic rings. The largest absolute Gasteiger partial charge is 0.466 e. The van der Waals surface area contributed by atoms with Crippen molar-refractivity contribution in [3.8, 4) is 0 Å². The Morgan fingerprint density at radius 2 is 1.11 bits per heavy atom. The summed E-state index contributed by atoms with van der Waals surface area (Å²) in [5.74, 6) is 0. The van der Waals surface area contributed by atoms with Crippen LogP contribution in [0, 0.1) is 0 Å². The maximum absolute atomic E-state index is 8.88. The molecule has 0 aromatic carbocycles. The van der Waals surface area contributed by atoms with Crippen LogP contribution in [0.1, 0.15) is 65.2 Å². The molecule has 0 spiro atoms. The molecule has 5 nitrogen and oxygen atoms in total. The Bertz CT molecular complexity index is 178. The Balaban J connectivity index is 0. The molecule has 0 bridgehead atoms. The smallest absolute Gasteiger partial charge is 0.317 e. The van der Waals surface area contributed by atoms with Gasteiger partial charge in [-0.2, -0.15) is 0 Å². The van der Waals surface area contributed by atoms with Gasteiger partial charge in [0.2, 0.25) is 0 Å². The minimum absolute atomic E-state index is 1.23. The van der Waals surface area contributed by atoms with Crippen molar-refractivity contribution in [1.29, 1.82) is 0 Å². The average molecular weight is 283 g/mol. The first-order chi connectivity index (χ1) is 8.41. The summed E-state index contributed by atoms with van der Waals surface area (Å²) in [6.07, 6.45) is 11.0. The van der Waals surface area contributed by atoms with E-state index in [2.05, 4.69) is 19.2 Å². The van der Waals surface area contributed by atoms with Gasteiger partial charge in [-0.3, -0.25) is 0 Å². The average Bonchev–Trinajstić information content (AvgIpc) is 2.25. The lowest BCUT2D eigenvalue weighted by atomic mass is 10.2. The summed E-state index contributed by atoms with van der Waals surface area (Å²) < 4.78 is 8.88. The van der Waals surface area contributed by atoms with E-state index < -0.39 is 7.82 Å². The number of hydrogen-bond donors (Lipinski definition) is 4. The number of rotatable bonds is 10. The number of hydrogen-bond acceptors (Lipinski definition) is 2. The third-order valence-corrected chi connectivity index (χ3v) is 2.41. The van der Waals surface area contributed by atoms with E-state index in [-0.39, 0.29) is 0 Å². The van der Waals surface area contributed by atoms with Gasteiger partial charge in [-0.15, -0.1) is 0 Å². The third kappa shape index (κ3) is 36.0. The molecule has 0 radical (unpaired) electrons. The van der Waals surface area contributed by atoms with Gasteiger partial charge in [0.1, 0.15) is 0 Å². The molecule has 18 heavy (non-hydrogen) atoms. The fourth-order valence-electron chi connectivity index (χ4n) is 1.48. The lowest BCUT2D eigenvalue weighted by Crippen LogP contribution is -2.16. The highest BCUT2D eigenvalue weighted by atomic mass is 31.2. The molecule has 0 heterocycles. The number of unbranched alkanes of at least 4 members (excludes halogenated alkanes) is 6. The van der Waals surface area contributed by atoms with Gasteiger partial charge in [0.05, 0.1) is 0 Å². The van der Waals surface area contributed by atoms with Gasteiger partial charge in [-0.05, 0) is 25.9 Å². The monoisotopic (exact) mass is 283 g/mol. The molecule has 0 aromatic rings. The van der Waals surface area contributed by atoms with Crippen molar-refractivity contribution >= 4 is 7.82 Å². The molecule has 0 saturated heterocycles. The zero-order chi connectivity index (χ0) is 14.3. The lowest BCUT2D eigenvalue weighted by molar-refractivity contribution is 0.275. The second kappa shape index (κ2) is 15.1. The second-order valence-corrected chi connectivity index (χ2v) is 5.41. The van der Waals surface area contributed by atoms with Crippen LogP contribution in [0.2, 0.25) is 0 Å². The molecule has 0 aliphatic heterocycles. The van der Waals surface area contributed by atoms with Crippen LogP contribution in [0.5, 0.6) is 0 Å². The van der Waals surface area contributed by atoms with E-state index in [9.17, 15) is 0 Å². The molecule has 0 saturated carbocycles. The lowest BCUT2D eigenvalue weighted by Gasteiger charge is -2.03. The highest BCUT2D eigenvalue weighted by Gasteiger charge is 2.00. The van der Waals surface area contributed by atoms with Gasteiger partial charge >= 0.3 is 7.82 Å². The van der Waals surface area contributed by atoms with Crippen molar-refractivity contribution in [2.45, 2.75) is 65.2 Å². The predicted molar refractivity (Wildman–Crippen MR) is 75.4 cm³/mol. The summed E-state index contributed by atoms with van der Waals surface area (Å²) in [5, 5.41) is 3.50. The van der Waals surface area contributed by atoms with E-state index in [0.29, 0.717) is 0 Å². The summed E-state index contributed by atoms with van der Waals surface area (Å²) in [7, 11) is -4.64. The highest BCUT2D eigenvalue weighted by Crippen LogP contribution is 2.25. The van der Waals surface area contributed by atoms with Crippen molar-refractivity contribution in [3.05, 3.63) is 0 Å². The molecule has 112 valence electrons. The van der Waals surface area contributed by atoms with Crippen LogP contribution < -0.4 is 5.32 Å². The first-order valence-corrected chi connectivity index (χ1v) is 8.47. The summed E-state index contributed by atoms with van der Waals surface area (Å²) in [6.45, 7) is 6.98. The summed E-state index contributed by atoms with van der Waals surface area (Å²) in [5.41, 5.74) is 0. The van der Waals surface area contributed by atoms with Crippen LogP contribution in [0.3, 0.4) is 0 Å². The topological polar surface area (TPSA) is 89.8 Å². The Kier molecular flexibility index (Phi) is 17.1. The molecule has 4 N–H and O–H groups in total. The zero-order valence-corrected chi connectivity index (χ0v) is 12.7. The van der Waals surface area contributed by atoms with Crippen molar-refractivity contribution in [3.63, 3.8) is 0 Å². The van der Waals surface area contributed by atoms with Crippen LogP contribution in [0.15, 0.2) is 0 Å². The quantitative estimate of drug-likeness (QED) is 0.365. The molecule has 0 aliphatic carbocycles. The molecule has 0 atom stereocenters. The standard InChI is InChI=1S/C12H27N.H3O4P/c1-3-5-7-9-11-13-12-10-8-6-4-2;1-5(2,3)4/h13H,3-12H2,1-2H3;(H3,1,2,3,4). The maximum Gasteiger partial charge on any atom is 0.466 e. The predicted octanol–water partition coefficient (Wildman–Crippen LogP) is 2.81. The molecule has 0 aromatic heterocycles. The van der Waals surface area contributed by atoms with Crippen molar-refractivity contribution in [1.82, 2.24) is 5.32 Å². The van der Waals surface area contributed by atoms with E-state index >= 15 is 0 Å². The summed E-state index contributed by atoms with van der Waals surface area (Å²) in [4.78, 5) is 21.6. The molecule has 0 fully saturated rings. The molecule has 0 unspecified atom stereocenters. The minimum atomic E-state index is -4.64. The van der Waals surface area contributed by atoms with Gasteiger partial charge in [0.15, 0.2) is 0 Å². The molecule has 6 heteroatoms. The van der Waals surface area contributed by atoms with E-state index in [4.69, 9.17) is 19.2 Å². The zero-order valence-electron chi connectivity index (χ0n) is 11.8. The first-order valence-electron chi connectivity index (χ1n) is 6.90. The Morgan fingerprint density at radius 3 is 1.39 bits per heavy atom. The van der Waals surface area contributed by atoms with E-state index in [0.717, 1.165) is 0 Å². The van der Waals surface area contributed by atoms with Crippen LogP contribution >= 0.6 is 7.82 Å². The van der Waals surface area contributed by atoms with Crippen molar-refractivity contribution in [2.24, 2.45) is 0 Å². The summed E-state index contributed by atoms with van der Waals surface area (Å²) >= 11 is 0. The third-order valence-electron chi connectivity index (χ3n) is 2.41. The molecular weight excluding hydrogens is 253 g/mol. The fraction of sp³-hybridized carbons (Fsp3) is 1.00. The van der Waals surface area contributed by atoms with Crippen LogP contribution in [0.4, 0.5) is 0 Å². The number of nitrogens with one attached hydrogen (secondary N) is 1. The van der Waals surface area contributed by atoms with Gasteiger partial charge in [0, 0.05) is 0 Å². The van der Waals surface area contributed by atoms with Crippen LogP contribution in [-0.2, 0) is 4.57 Å². The Hall–Kier alpha value is 0.0700. The van der Waals surface area contributed by atoms with Gasteiger partial charge in [-0.1, -0.05) is 52.4 Å². The van der Waals surface area contributed by atoms with Crippen molar-refractivity contribution < 1.29 is 19.2 Å². The minimum Gasteiger partial charge on any atom is -0.317 e. The van der Waals surface area contributed by atoms with E-state index in [1.54, 1.807) is 0 Å². The number of phosphoric acid groups is 1. The maximum atomic E-state index is 8.88.